The molecule has 2 aromatic carbocycles. The van der Waals surface area contributed by atoms with Gasteiger partial charge in [0.05, 0.1) is 4.90 Å². The van der Waals surface area contributed by atoms with E-state index in [0.29, 0.717) is 24.1 Å². The number of nitrogens with one attached hydrogen (secondary N) is 2. The van der Waals surface area contributed by atoms with Gasteiger partial charge in [0.2, 0.25) is 16.4 Å². The Bertz CT molecular complexity index is 1170. The van der Waals surface area contributed by atoms with Gasteiger partial charge in [-0.3, -0.25) is 9.78 Å². The van der Waals surface area contributed by atoms with Crippen molar-refractivity contribution in [1.29, 1.82) is 0 Å². The summed E-state index contributed by atoms with van der Waals surface area (Å²) in [5.74, 6) is -0.817. The first-order chi connectivity index (χ1) is 16.4. The normalized spacial score (nSPS) is 14.1. The molecule has 0 saturated heterocycles. The monoisotopic (exact) mass is 487 g/mol. The lowest BCUT2D eigenvalue weighted by molar-refractivity contribution is -0.109. The molecule has 1 saturated carbocycles. The second-order valence-corrected chi connectivity index (χ2v) is 9.67. The number of pyridine rings is 1. The summed E-state index contributed by atoms with van der Waals surface area (Å²) in [4.78, 5) is 13.7. The SMILES string of the molecule is O=CNCc1ccc(F)cc1.O=S(=O)(NC1CCCCC1)c1ccc(-c2ccncc2)c(F)c1. The van der Waals surface area contributed by atoms with Gasteiger partial charge < -0.3 is 5.32 Å². The average molecular weight is 488 g/mol. The van der Waals surface area contributed by atoms with Gasteiger partial charge in [-0.15, -0.1) is 0 Å². The molecule has 1 amide bonds. The van der Waals surface area contributed by atoms with Crippen LogP contribution in [0.4, 0.5) is 8.78 Å². The van der Waals surface area contributed by atoms with Crippen LogP contribution in [0.5, 0.6) is 0 Å². The zero-order valence-electron chi connectivity index (χ0n) is 18.6. The van der Waals surface area contributed by atoms with Crippen molar-refractivity contribution >= 4 is 16.4 Å². The van der Waals surface area contributed by atoms with Crippen molar-refractivity contribution in [3.63, 3.8) is 0 Å². The molecular formula is C25H27F2N3O3S. The molecule has 0 unspecified atom stereocenters. The van der Waals surface area contributed by atoms with E-state index in [1.54, 1.807) is 36.7 Å². The van der Waals surface area contributed by atoms with E-state index in [-0.39, 0.29) is 16.8 Å². The van der Waals surface area contributed by atoms with Crippen LogP contribution in [0.15, 0.2) is 71.9 Å². The Morgan fingerprint density at radius 3 is 2.24 bits per heavy atom. The fraction of sp³-hybridized carbons (Fsp3) is 0.280. The van der Waals surface area contributed by atoms with E-state index in [1.807, 2.05) is 0 Å². The molecule has 9 heteroatoms. The number of amides is 1. The molecule has 1 fully saturated rings. The van der Waals surface area contributed by atoms with Crippen LogP contribution in [0.3, 0.4) is 0 Å². The molecule has 0 bridgehead atoms. The van der Waals surface area contributed by atoms with E-state index in [1.165, 1.54) is 24.3 Å². The van der Waals surface area contributed by atoms with Crippen LogP contribution in [0.1, 0.15) is 37.7 Å². The molecule has 6 nitrogen and oxygen atoms in total. The molecule has 0 aliphatic heterocycles. The molecule has 3 aromatic rings. The number of aromatic nitrogens is 1. The van der Waals surface area contributed by atoms with E-state index in [0.717, 1.165) is 43.7 Å². The minimum atomic E-state index is -3.68. The van der Waals surface area contributed by atoms with Gasteiger partial charge in [-0.2, -0.15) is 0 Å². The second-order valence-electron chi connectivity index (χ2n) is 7.96. The predicted octanol–water partition coefficient (Wildman–Crippen LogP) is 4.57. The van der Waals surface area contributed by atoms with Crippen LogP contribution >= 0.6 is 0 Å². The zero-order valence-corrected chi connectivity index (χ0v) is 19.4. The number of carbonyl (C=O) groups excluding carboxylic acids is 1. The van der Waals surface area contributed by atoms with Crippen LogP contribution < -0.4 is 10.0 Å². The first-order valence-corrected chi connectivity index (χ1v) is 12.5. The number of benzene rings is 2. The highest BCUT2D eigenvalue weighted by Gasteiger charge is 2.22. The zero-order chi connectivity index (χ0) is 24.4. The Hall–Kier alpha value is -3.17. The summed E-state index contributed by atoms with van der Waals surface area (Å²) in [6, 6.07) is 13.4. The number of rotatable bonds is 7. The van der Waals surface area contributed by atoms with E-state index in [9.17, 15) is 22.0 Å². The highest BCUT2D eigenvalue weighted by atomic mass is 32.2. The third-order valence-electron chi connectivity index (χ3n) is 5.47. The summed E-state index contributed by atoms with van der Waals surface area (Å²) in [7, 11) is -3.68. The Balaban J connectivity index is 0.000000248. The van der Waals surface area contributed by atoms with Crippen LogP contribution in [-0.4, -0.2) is 25.9 Å². The topological polar surface area (TPSA) is 88.2 Å². The van der Waals surface area contributed by atoms with Crippen molar-refractivity contribution in [3.05, 3.63) is 84.2 Å². The molecule has 0 radical (unpaired) electrons. The lowest BCUT2D eigenvalue weighted by Crippen LogP contribution is -2.36. The number of halogens is 2. The summed E-state index contributed by atoms with van der Waals surface area (Å²) in [6.45, 7) is 0.448. The lowest BCUT2D eigenvalue weighted by atomic mass is 9.96. The molecule has 1 aliphatic rings. The van der Waals surface area contributed by atoms with Crippen molar-refractivity contribution in [1.82, 2.24) is 15.0 Å². The molecule has 0 atom stereocenters. The van der Waals surface area contributed by atoms with Gasteiger partial charge in [-0.05, 0) is 60.4 Å². The highest BCUT2D eigenvalue weighted by Crippen LogP contribution is 2.25. The molecule has 34 heavy (non-hydrogen) atoms. The smallest absolute Gasteiger partial charge is 0.240 e. The minimum Gasteiger partial charge on any atom is -0.355 e. The standard InChI is InChI=1S/C17H19FN2O2S.C8H8FNO/c18-17-12-15(6-7-16(17)13-8-10-19-11-9-13)23(21,22)20-14-4-2-1-3-5-14;9-8-3-1-7(2-4-8)5-10-6-11/h6-12,14,20H,1-5H2;1-4,6H,5H2,(H,10,11). The van der Waals surface area contributed by atoms with Crippen molar-refractivity contribution in [2.24, 2.45) is 0 Å². The molecule has 1 aromatic heterocycles. The molecular weight excluding hydrogens is 460 g/mol. The number of nitrogens with zero attached hydrogens (tertiary/aromatic N) is 1. The number of sulfonamides is 1. The maximum Gasteiger partial charge on any atom is 0.240 e. The summed E-state index contributed by atoms with van der Waals surface area (Å²) in [5.41, 5.74) is 1.92. The van der Waals surface area contributed by atoms with Crippen molar-refractivity contribution in [2.75, 3.05) is 0 Å². The van der Waals surface area contributed by atoms with Crippen molar-refractivity contribution in [2.45, 2.75) is 49.6 Å². The highest BCUT2D eigenvalue weighted by molar-refractivity contribution is 7.89. The van der Waals surface area contributed by atoms with Crippen LogP contribution in [0.2, 0.25) is 0 Å². The maximum absolute atomic E-state index is 14.3. The molecule has 2 N–H and O–H groups in total. The van der Waals surface area contributed by atoms with Crippen LogP contribution in [0, 0.1) is 11.6 Å². The molecule has 180 valence electrons. The van der Waals surface area contributed by atoms with Crippen molar-refractivity contribution < 1.29 is 22.0 Å². The number of carbonyl (C=O) groups is 1. The van der Waals surface area contributed by atoms with E-state index >= 15 is 0 Å². The Morgan fingerprint density at radius 1 is 0.941 bits per heavy atom. The van der Waals surface area contributed by atoms with Crippen molar-refractivity contribution in [3.8, 4) is 11.1 Å². The lowest BCUT2D eigenvalue weighted by Gasteiger charge is -2.22. The minimum absolute atomic E-state index is 0.0293. The molecule has 0 spiro atoms. The first kappa shape index (κ1) is 25.5. The summed E-state index contributed by atoms with van der Waals surface area (Å²) in [6.07, 6.45) is 8.66. The molecule has 4 rings (SSSR count). The third-order valence-corrected chi connectivity index (χ3v) is 6.99. The van der Waals surface area contributed by atoms with Crippen LogP contribution in [-0.2, 0) is 21.4 Å². The number of hydrogen-bond acceptors (Lipinski definition) is 4. The second kappa shape index (κ2) is 12.3. The Labute approximate surface area is 198 Å². The van der Waals surface area contributed by atoms with Gasteiger partial charge >= 0.3 is 0 Å². The van der Waals surface area contributed by atoms with E-state index < -0.39 is 15.8 Å². The summed E-state index contributed by atoms with van der Waals surface area (Å²) < 4.78 is 54.2. The average Bonchev–Trinajstić information content (AvgIpc) is 2.85. The largest absolute Gasteiger partial charge is 0.355 e. The van der Waals surface area contributed by atoms with E-state index in [4.69, 9.17) is 0 Å². The maximum atomic E-state index is 14.3. The Kier molecular flexibility index (Phi) is 9.24. The van der Waals surface area contributed by atoms with Crippen LogP contribution in [0.25, 0.3) is 11.1 Å². The number of hydrogen-bond donors (Lipinski definition) is 2. The predicted molar refractivity (Wildman–Crippen MR) is 126 cm³/mol. The van der Waals surface area contributed by atoms with Gasteiger partial charge in [0, 0.05) is 30.5 Å². The van der Waals surface area contributed by atoms with Gasteiger partial charge in [0.1, 0.15) is 11.6 Å². The quantitative estimate of drug-likeness (QED) is 0.478. The fourth-order valence-electron chi connectivity index (χ4n) is 3.70. The molecule has 1 heterocycles. The summed E-state index contributed by atoms with van der Waals surface area (Å²) >= 11 is 0. The van der Waals surface area contributed by atoms with Gasteiger partial charge in [-0.25, -0.2) is 21.9 Å². The fourth-order valence-corrected chi connectivity index (χ4v) is 5.01. The first-order valence-electron chi connectivity index (χ1n) is 11.0. The van der Waals surface area contributed by atoms with Gasteiger partial charge in [-0.1, -0.05) is 37.5 Å². The van der Waals surface area contributed by atoms with E-state index in [2.05, 4.69) is 15.0 Å². The van der Waals surface area contributed by atoms with Gasteiger partial charge in [0.15, 0.2) is 0 Å². The third kappa shape index (κ3) is 7.43. The Morgan fingerprint density at radius 2 is 1.62 bits per heavy atom. The summed E-state index contributed by atoms with van der Waals surface area (Å²) in [5, 5.41) is 2.48. The van der Waals surface area contributed by atoms with Gasteiger partial charge in [0.25, 0.3) is 0 Å². The molecule has 1 aliphatic carbocycles.